The smallest absolute Gasteiger partial charge is 0.411 e. The average molecular weight is 719 g/mol. The Morgan fingerprint density at radius 2 is 1.65 bits per heavy atom. The molecule has 51 heavy (non-hydrogen) atoms. The van der Waals surface area contributed by atoms with E-state index >= 15 is 0 Å². The van der Waals surface area contributed by atoms with Crippen LogP contribution >= 0.6 is 0 Å². The zero-order valence-electron chi connectivity index (χ0n) is 30.0. The van der Waals surface area contributed by atoms with Crippen molar-refractivity contribution in [2.75, 3.05) is 37.5 Å². The highest BCUT2D eigenvalue weighted by Gasteiger charge is 2.50. The molecule has 0 radical (unpaired) electrons. The van der Waals surface area contributed by atoms with Crippen molar-refractivity contribution in [1.29, 1.82) is 0 Å². The van der Waals surface area contributed by atoms with Gasteiger partial charge >= 0.3 is 6.09 Å². The summed E-state index contributed by atoms with van der Waals surface area (Å²) >= 11 is 0. The number of hydrogen-bond acceptors (Lipinski definition) is 9. The summed E-state index contributed by atoms with van der Waals surface area (Å²) in [5.74, 6) is -0.553. The third kappa shape index (κ3) is 7.51. The summed E-state index contributed by atoms with van der Waals surface area (Å²) in [6.07, 6.45) is 1.73. The highest BCUT2D eigenvalue weighted by atomic mass is 32.2. The van der Waals surface area contributed by atoms with Crippen LogP contribution in [0.25, 0.3) is 11.3 Å². The molecule has 272 valence electrons. The molecule has 2 saturated heterocycles. The van der Waals surface area contributed by atoms with Gasteiger partial charge in [0.05, 0.1) is 17.2 Å². The van der Waals surface area contributed by atoms with Gasteiger partial charge in [-0.15, -0.1) is 0 Å². The van der Waals surface area contributed by atoms with Gasteiger partial charge in [-0.2, -0.15) is 4.98 Å². The lowest BCUT2D eigenvalue weighted by atomic mass is 9.78. The van der Waals surface area contributed by atoms with Gasteiger partial charge in [0, 0.05) is 48.8 Å². The summed E-state index contributed by atoms with van der Waals surface area (Å²) in [6.45, 7) is 12.7. The highest BCUT2D eigenvalue weighted by molar-refractivity contribution is 7.92. The Hall–Kier alpha value is -4.72. The largest absolute Gasteiger partial charge is 0.477 e. The van der Waals surface area contributed by atoms with Crippen LogP contribution in [0.2, 0.25) is 0 Å². The number of likely N-dealkylation sites (tertiary alicyclic amines) is 2. The lowest BCUT2D eigenvalue weighted by Crippen LogP contribution is -2.60. The first-order chi connectivity index (χ1) is 24.0. The number of amides is 3. The highest BCUT2D eigenvalue weighted by Crippen LogP contribution is 2.38. The van der Waals surface area contributed by atoms with Gasteiger partial charge in [-0.1, -0.05) is 24.3 Å². The summed E-state index contributed by atoms with van der Waals surface area (Å²) in [5.41, 5.74) is 1.10. The number of carbonyl (C=O) groups excluding carboxylic acids is 3. The van der Waals surface area contributed by atoms with E-state index in [0.717, 1.165) is 16.7 Å². The van der Waals surface area contributed by atoms with Gasteiger partial charge in [-0.05, 0) is 96.6 Å². The molecule has 4 bridgehead atoms. The van der Waals surface area contributed by atoms with Crippen LogP contribution in [0.15, 0.2) is 53.4 Å². The lowest BCUT2D eigenvalue weighted by Gasteiger charge is -2.45. The predicted molar refractivity (Wildman–Crippen MR) is 191 cm³/mol. The molecule has 3 aliphatic rings. The Balaban J connectivity index is 1.30. The number of nitrogens with zero attached hydrogens (tertiary/aromatic N) is 4. The lowest BCUT2D eigenvalue weighted by molar-refractivity contribution is -0.144. The molecule has 2 aromatic carbocycles. The Bertz CT molecular complexity index is 1950. The molecule has 4 heterocycles. The molecule has 0 saturated carbocycles. The van der Waals surface area contributed by atoms with E-state index in [4.69, 9.17) is 9.47 Å². The SMILES string of the molecule is Cc1cccc(C)c1-c1cc2nc(n1)NS(=O)(=O)c1cccc(c1)C(=O)NCC1(CCN(C(=O)[C@]3(C)CCCN3C(=O)OC(C)(C)C)CC1)CO2. The van der Waals surface area contributed by atoms with E-state index in [1.807, 2.05) is 39.0 Å². The molecule has 3 aromatic rings. The fraction of sp³-hybridized carbons (Fsp3) is 0.486. The number of nitrogens with one attached hydrogen (secondary N) is 2. The van der Waals surface area contributed by atoms with Gasteiger partial charge in [0.15, 0.2) is 0 Å². The number of piperidine rings is 1. The molecule has 6 rings (SSSR count). The second-order valence-electron chi connectivity index (χ2n) is 15.1. The minimum atomic E-state index is -4.16. The van der Waals surface area contributed by atoms with E-state index in [2.05, 4.69) is 20.0 Å². The zero-order valence-corrected chi connectivity index (χ0v) is 30.9. The quantitative estimate of drug-likeness (QED) is 0.368. The van der Waals surface area contributed by atoms with Crippen molar-refractivity contribution in [1.82, 2.24) is 25.1 Å². The fourth-order valence-electron chi connectivity index (χ4n) is 7.16. The van der Waals surface area contributed by atoms with E-state index in [1.54, 1.807) is 42.7 Å². The molecule has 3 aliphatic heterocycles. The van der Waals surface area contributed by atoms with E-state index < -0.39 is 38.6 Å². The topological polar surface area (TPSA) is 160 Å². The zero-order chi connectivity index (χ0) is 36.8. The maximum absolute atomic E-state index is 14.1. The van der Waals surface area contributed by atoms with Gasteiger partial charge in [0.1, 0.15) is 11.1 Å². The number of aromatic nitrogens is 2. The molecule has 0 aliphatic carbocycles. The van der Waals surface area contributed by atoms with E-state index in [9.17, 15) is 22.8 Å². The van der Waals surface area contributed by atoms with Crippen LogP contribution in [0.3, 0.4) is 0 Å². The van der Waals surface area contributed by atoms with Crippen molar-refractivity contribution in [2.24, 2.45) is 5.41 Å². The molecular formula is C37H46N6O7S. The van der Waals surface area contributed by atoms with Crippen LogP contribution in [-0.2, 0) is 19.6 Å². The number of rotatable bonds is 2. The molecule has 13 nitrogen and oxygen atoms in total. The molecular weight excluding hydrogens is 673 g/mol. The summed E-state index contributed by atoms with van der Waals surface area (Å²) < 4.78 is 41.4. The first-order valence-corrected chi connectivity index (χ1v) is 18.8. The number of anilines is 1. The van der Waals surface area contributed by atoms with Crippen LogP contribution in [0, 0.1) is 19.3 Å². The second kappa shape index (κ2) is 13.4. The Kier molecular flexibility index (Phi) is 9.51. The Morgan fingerprint density at radius 3 is 2.33 bits per heavy atom. The Labute approximate surface area is 299 Å². The molecule has 2 fully saturated rings. The standard InChI is InChI=1S/C37H46N6O7S/c1-24-10-7-11-25(2)30(24)28-21-29-40-33(39-28)41-51(47,48)27-13-8-12-26(20-27)31(44)38-22-37(23-49-29)15-18-42(19-16-37)32(45)36(6)14-9-17-43(36)34(46)50-35(3,4)5/h7-8,10-13,20-21H,9,14-19,22-23H2,1-6H3,(H,38,44)(H,39,40,41)/t36-/m0/s1. The fourth-order valence-corrected chi connectivity index (χ4v) is 8.15. The molecule has 0 unspecified atom stereocenters. The number of hydrogen-bond donors (Lipinski definition) is 2. The number of benzene rings is 2. The molecule has 1 aromatic heterocycles. The maximum atomic E-state index is 14.1. The van der Waals surface area contributed by atoms with E-state index in [-0.39, 0.29) is 41.3 Å². The monoisotopic (exact) mass is 718 g/mol. The molecule has 1 atom stereocenters. The van der Waals surface area contributed by atoms with Crippen molar-refractivity contribution in [3.63, 3.8) is 0 Å². The van der Waals surface area contributed by atoms with Crippen molar-refractivity contribution >= 4 is 33.9 Å². The van der Waals surface area contributed by atoms with Crippen LogP contribution in [0.4, 0.5) is 10.7 Å². The number of carbonyl (C=O) groups is 3. The van der Waals surface area contributed by atoms with Gasteiger partial charge in [-0.3, -0.25) is 14.5 Å². The molecule has 1 spiro atoms. The van der Waals surface area contributed by atoms with Gasteiger partial charge in [0.25, 0.3) is 15.9 Å². The first kappa shape index (κ1) is 36.1. The minimum Gasteiger partial charge on any atom is -0.477 e. The predicted octanol–water partition coefficient (Wildman–Crippen LogP) is 5.08. The Morgan fingerprint density at radius 1 is 0.961 bits per heavy atom. The van der Waals surface area contributed by atoms with Crippen LogP contribution in [-0.4, -0.2) is 90.0 Å². The van der Waals surface area contributed by atoms with E-state index in [0.29, 0.717) is 51.0 Å². The maximum Gasteiger partial charge on any atom is 0.411 e. The first-order valence-electron chi connectivity index (χ1n) is 17.3. The van der Waals surface area contributed by atoms with E-state index in [1.165, 1.54) is 18.2 Å². The summed E-state index contributed by atoms with van der Waals surface area (Å²) in [5, 5.41) is 3.00. The van der Waals surface area contributed by atoms with Crippen LogP contribution in [0.5, 0.6) is 5.88 Å². The summed E-state index contributed by atoms with van der Waals surface area (Å²) in [7, 11) is -4.16. The van der Waals surface area contributed by atoms with Crippen molar-refractivity contribution < 1.29 is 32.3 Å². The normalized spacial score (nSPS) is 21.6. The number of aryl methyl sites for hydroxylation is 2. The second-order valence-corrected chi connectivity index (χ2v) is 16.8. The number of fused-ring (bicyclic) bond motifs is 4. The molecule has 14 heteroatoms. The van der Waals surface area contributed by atoms with Gasteiger partial charge in [0.2, 0.25) is 17.7 Å². The van der Waals surface area contributed by atoms with Crippen LogP contribution in [0.1, 0.15) is 74.9 Å². The average Bonchev–Trinajstić information content (AvgIpc) is 3.48. The summed E-state index contributed by atoms with van der Waals surface area (Å²) in [6, 6.07) is 13.3. The van der Waals surface area contributed by atoms with Crippen molar-refractivity contribution in [2.45, 2.75) is 83.3 Å². The van der Waals surface area contributed by atoms with Crippen LogP contribution < -0.4 is 14.8 Å². The minimum absolute atomic E-state index is 0.113. The third-order valence-corrected chi connectivity index (χ3v) is 11.4. The molecule has 3 amide bonds. The number of sulfonamides is 1. The van der Waals surface area contributed by atoms with Crippen molar-refractivity contribution in [3.05, 3.63) is 65.2 Å². The van der Waals surface area contributed by atoms with Crippen molar-refractivity contribution in [3.8, 4) is 17.1 Å². The third-order valence-electron chi connectivity index (χ3n) is 10.0. The summed E-state index contributed by atoms with van der Waals surface area (Å²) in [4.78, 5) is 52.9. The van der Waals surface area contributed by atoms with Gasteiger partial charge in [-0.25, -0.2) is 22.9 Å². The molecule has 2 N–H and O–H groups in total. The van der Waals surface area contributed by atoms with Gasteiger partial charge < -0.3 is 19.7 Å². The number of ether oxygens (including phenoxy) is 2.